The molecule has 2 aromatic heterocycles. The normalized spacial score (nSPS) is 12.5. The molecule has 0 spiro atoms. The molecule has 0 saturated carbocycles. The first-order chi connectivity index (χ1) is 11.0. The first-order valence-corrected chi connectivity index (χ1v) is 7.86. The van der Waals surface area contributed by atoms with Gasteiger partial charge in [-0.3, -0.25) is 9.48 Å². The lowest BCUT2D eigenvalue weighted by Crippen LogP contribution is -2.30. The molecule has 5 nitrogen and oxygen atoms in total. The van der Waals surface area contributed by atoms with Gasteiger partial charge in [0, 0.05) is 25.7 Å². The van der Waals surface area contributed by atoms with Crippen LogP contribution < -0.4 is 5.32 Å². The molecule has 120 valence electrons. The molecule has 0 bridgehead atoms. The van der Waals surface area contributed by atoms with Crippen LogP contribution >= 0.6 is 0 Å². The van der Waals surface area contributed by atoms with Gasteiger partial charge in [-0.15, -0.1) is 0 Å². The Labute approximate surface area is 135 Å². The van der Waals surface area contributed by atoms with Crippen molar-refractivity contribution in [3.8, 4) is 0 Å². The van der Waals surface area contributed by atoms with Crippen molar-refractivity contribution in [2.75, 3.05) is 0 Å². The quantitative estimate of drug-likeness (QED) is 0.805. The van der Waals surface area contributed by atoms with Gasteiger partial charge >= 0.3 is 0 Å². The highest BCUT2D eigenvalue weighted by molar-refractivity contribution is 5.99. The Kier molecular flexibility index (Phi) is 3.94. The fourth-order valence-corrected chi connectivity index (χ4v) is 3.18. The van der Waals surface area contributed by atoms with Crippen molar-refractivity contribution in [2.45, 2.75) is 26.3 Å². The molecule has 2 heterocycles. The monoisotopic (exact) mass is 310 g/mol. The average molecular weight is 310 g/mol. The molecule has 0 aliphatic heterocycles. The molecule has 5 heteroatoms. The Morgan fingerprint density at radius 1 is 1.30 bits per heavy atom. The number of amides is 1. The van der Waals surface area contributed by atoms with E-state index in [4.69, 9.17) is 0 Å². The number of nitrogens with zero attached hydrogens (tertiary/aromatic N) is 3. The van der Waals surface area contributed by atoms with E-state index >= 15 is 0 Å². The predicted octanol–water partition coefficient (Wildman–Crippen LogP) is 3.10. The van der Waals surface area contributed by atoms with Gasteiger partial charge in [-0.2, -0.15) is 5.10 Å². The van der Waals surface area contributed by atoms with Crippen molar-refractivity contribution >= 4 is 16.8 Å². The second-order valence-corrected chi connectivity index (χ2v) is 5.92. The van der Waals surface area contributed by atoms with Crippen molar-refractivity contribution in [3.05, 3.63) is 53.5 Å². The van der Waals surface area contributed by atoms with Gasteiger partial charge in [-0.25, -0.2) is 0 Å². The molecule has 1 atom stereocenters. The maximum absolute atomic E-state index is 12.8. The summed E-state index contributed by atoms with van der Waals surface area (Å²) in [6, 6.07) is 9.97. The summed E-state index contributed by atoms with van der Waals surface area (Å²) < 4.78 is 3.77. The van der Waals surface area contributed by atoms with E-state index in [1.807, 2.05) is 42.9 Å². The van der Waals surface area contributed by atoms with E-state index in [1.54, 1.807) is 10.9 Å². The van der Waals surface area contributed by atoms with Crippen LogP contribution in [0.1, 0.15) is 41.1 Å². The maximum Gasteiger partial charge on any atom is 0.268 e. The van der Waals surface area contributed by atoms with Crippen molar-refractivity contribution in [1.82, 2.24) is 19.7 Å². The molecule has 0 aliphatic carbocycles. The number of para-hydroxylation sites is 1. The van der Waals surface area contributed by atoms with Gasteiger partial charge in [0.15, 0.2) is 0 Å². The summed E-state index contributed by atoms with van der Waals surface area (Å²) in [5, 5.41) is 8.41. The molecular formula is C18H22N4O. The van der Waals surface area contributed by atoms with Crippen molar-refractivity contribution in [1.29, 1.82) is 0 Å². The number of aromatic nitrogens is 3. The molecule has 1 amide bonds. The third-order valence-corrected chi connectivity index (χ3v) is 4.42. The second kappa shape index (κ2) is 5.91. The zero-order valence-corrected chi connectivity index (χ0v) is 14.0. The highest BCUT2D eigenvalue weighted by Gasteiger charge is 2.20. The lowest BCUT2D eigenvalue weighted by Gasteiger charge is -2.17. The van der Waals surface area contributed by atoms with E-state index in [0.717, 1.165) is 23.0 Å². The third-order valence-electron chi connectivity index (χ3n) is 4.42. The number of hydrogen-bond acceptors (Lipinski definition) is 2. The SMILES string of the molecule is CC[C@@H](NC(=O)c1cc2cccc(C)c2n1C)c1ccnn1C. The Hall–Kier alpha value is -2.56. The van der Waals surface area contributed by atoms with E-state index < -0.39 is 0 Å². The molecule has 0 aliphatic rings. The first-order valence-electron chi connectivity index (χ1n) is 7.86. The lowest BCUT2D eigenvalue weighted by molar-refractivity contribution is 0.0926. The Morgan fingerprint density at radius 2 is 2.09 bits per heavy atom. The number of benzene rings is 1. The van der Waals surface area contributed by atoms with Crippen LogP contribution in [0.3, 0.4) is 0 Å². The number of aryl methyl sites for hydroxylation is 3. The van der Waals surface area contributed by atoms with E-state index in [2.05, 4.69) is 30.3 Å². The minimum Gasteiger partial charge on any atom is -0.342 e. The summed E-state index contributed by atoms with van der Waals surface area (Å²) in [5.41, 5.74) is 3.96. The van der Waals surface area contributed by atoms with Crippen LogP contribution in [0.25, 0.3) is 10.9 Å². The summed E-state index contributed by atoms with van der Waals surface area (Å²) in [7, 11) is 3.83. The number of carbonyl (C=O) groups is 1. The molecule has 3 aromatic rings. The van der Waals surface area contributed by atoms with E-state index in [1.165, 1.54) is 5.56 Å². The van der Waals surface area contributed by atoms with E-state index in [9.17, 15) is 4.79 Å². The number of carbonyl (C=O) groups excluding carboxylic acids is 1. The van der Waals surface area contributed by atoms with Crippen LogP contribution in [0.2, 0.25) is 0 Å². The molecule has 1 aromatic carbocycles. The average Bonchev–Trinajstić information content (AvgIpc) is 3.09. The van der Waals surface area contributed by atoms with E-state index in [-0.39, 0.29) is 11.9 Å². The highest BCUT2D eigenvalue weighted by atomic mass is 16.2. The second-order valence-electron chi connectivity index (χ2n) is 5.92. The summed E-state index contributed by atoms with van der Waals surface area (Å²) in [6.45, 7) is 4.12. The van der Waals surface area contributed by atoms with E-state index in [0.29, 0.717) is 5.69 Å². The standard InChI is InChI=1S/C18H22N4O/c1-5-14(15-9-10-19-22(15)4)20-18(23)16-11-13-8-6-7-12(2)17(13)21(16)3/h6-11,14H,5H2,1-4H3,(H,20,23)/t14-/m1/s1. The zero-order valence-electron chi connectivity index (χ0n) is 14.0. The number of hydrogen-bond donors (Lipinski definition) is 1. The molecular weight excluding hydrogens is 288 g/mol. The molecule has 0 fully saturated rings. The van der Waals surface area contributed by atoms with Crippen molar-refractivity contribution in [2.24, 2.45) is 14.1 Å². The fourth-order valence-electron chi connectivity index (χ4n) is 3.18. The molecule has 1 N–H and O–H groups in total. The van der Waals surface area contributed by atoms with Crippen LogP contribution in [0.4, 0.5) is 0 Å². The van der Waals surface area contributed by atoms with Crippen LogP contribution in [-0.4, -0.2) is 20.3 Å². The molecule has 0 radical (unpaired) electrons. The third kappa shape index (κ3) is 2.63. The molecule has 23 heavy (non-hydrogen) atoms. The first kappa shape index (κ1) is 15.3. The summed E-state index contributed by atoms with van der Waals surface area (Å²) in [5.74, 6) is -0.0591. The smallest absolute Gasteiger partial charge is 0.268 e. The number of fused-ring (bicyclic) bond motifs is 1. The summed E-state index contributed by atoms with van der Waals surface area (Å²) in [6.07, 6.45) is 2.57. The Morgan fingerprint density at radius 3 is 2.70 bits per heavy atom. The van der Waals surface area contributed by atoms with Gasteiger partial charge in [0.1, 0.15) is 5.69 Å². The minimum atomic E-state index is -0.0591. The van der Waals surface area contributed by atoms with Crippen LogP contribution in [-0.2, 0) is 14.1 Å². The van der Waals surface area contributed by atoms with Gasteiger partial charge in [-0.1, -0.05) is 25.1 Å². The highest BCUT2D eigenvalue weighted by Crippen LogP contribution is 2.23. The largest absolute Gasteiger partial charge is 0.342 e. The number of nitrogens with one attached hydrogen (secondary N) is 1. The zero-order chi connectivity index (χ0) is 16.6. The molecule has 0 saturated heterocycles. The fraction of sp³-hybridized carbons (Fsp3) is 0.333. The topological polar surface area (TPSA) is 51.9 Å². The Balaban J connectivity index is 1.93. The maximum atomic E-state index is 12.8. The van der Waals surface area contributed by atoms with Crippen molar-refractivity contribution in [3.63, 3.8) is 0 Å². The van der Waals surface area contributed by atoms with Crippen molar-refractivity contribution < 1.29 is 4.79 Å². The van der Waals surface area contributed by atoms with Gasteiger partial charge in [0.25, 0.3) is 5.91 Å². The van der Waals surface area contributed by atoms with Crippen LogP contribution in [0.15, 0.2) is 36.5 Å². The minimum absolute atomic E-state index is 0.0471. The van der Waals surface area contributed by atoms with Gasteiger partial charge in [0.2, 0.25) is 0 Å². The summed E-state index contributed by atoms with van der Waals surface area (Å²) >= 11 is 0. The van der Waals surface area contributed by atoms with Gasteiger partial charge in [0.05, 0.1) is 17.3 Å². The number of rotatable bonds is 4. The van der Waals surface area contributed by atoms with Crippen LogP contribution in [0, 0.1) is 6.92 Å². The van der Waals surface area contributed by atoms with Crippen LogP contribution in [0.5, 0.6) is 0 Å². The Bertz CT molecular complexity index is 859. The molecule has 3 rings (SSSR count). The molecule has 0 unspecified atom stereocenters. The summed E-state index contributed by atoms with van der Waals surface area (Å²) in [4.78, 5) is 12.8. The van der Waals surface area contributed by atoms with Gasteiger partial charge < -0.3 is 9.88 Å². The predicted molar refractivity (Wildman–Crippen MR) is 91.4 cm³/mol. The van der Waals surface area contributed by atoms with Gasteiger partial charge in [-0.05, 0) is 31.0 Å². The lowest BCUT2D eigenvalue weighted by atomic mass is 10.1.